The molecular weight excluding hydrogens is 432 g/mol. The molecular formula is C23H38N2O4S2. The molecule has 3 saturated heterocycles. The van der Waals surface area contributed by atoms with Crippen LogP contribution in [0.4, 0.5) is 4.79 Å². The second-order valence-electron chi connectivity index (χ2n) is 10.6. The molecule has 8 heteroatoms. The molecule has 31 heavy (non-hydrogen) atoms. The molecule has 0 radical (unpaired) electrons. The van der Waals surface area contributed by atoms with Gasteiger partial charge in [0.15, 0.2) is 0 Å². The highest BCUT2D eigenvalue weighted by Crippen LogP contribution is 2.65. The summed E-state index contributed by atoms with van der Waals surface area (Å²) in [6.45, 7) is 9.47. The number of thioether (sulfide) groups is 2. The molecule has 0 aromatic carbocycles. The van der Waals surface area contributed by atoms with Crippen LogP contribution in [0.15, 0.2) is 0 Å². The first-order chi connectivity index (χ1) is 14.6. The van der Waals surface area contributed by atoms with Crippen molar-refractivity contribution in [1.82, 2.24) is 9.80 Å². The fourth-order valence-electron chi connectivity index (χ4n) is 6.46. The largest absolute Gasteiger partial charge is 0.465 e. The van der Waals surface area contributed by atoms with Crippen LogP contribution in [0.1, 0.15) is 59.8 Å². The van der Waals surface area contributed by atoms with Crippen LogP contribution in [0.5, 0.6) is 0 Å². The lowest BCUT2D eigenvalue weighted by Crippen LogP contribution is -2.65. The van der Waals surface area contributed by atoms with Crippen molar-refractivity contribution in [2.75, 3.05) is 38.2 Å². The number of esters is 1. The number of likely N-dealkylation sites (N-methyl/N-ethyl adjacent to an activating group) is 1. The first-order valence-corrected chi connectivity index (χ1v) is 13.7. The van der Waals surface area contributed by atoms with E-state index in [9.17, 15) is 9.59 Å². The summed E-state index contributed by atoms with van der Waals surface area (Å²) in [5.41, 5.74) is -0.593. The van der Waals surface area contributed by atoms with Gasteiger partial charge < -0.3 is 14.4 Å². The third kappa shape index (κ3) is 4.21. The Morgan fingerprint density at radius 1 is 1.16 bits per heavy atom. The van der Waals surface area contributed by atoms with Crippen molar-refractivity contribution in [3.63, 3.8) is 0 Å². The standard InChI is InChI=1S/C23H38N2O4S2/c1-6-28-18(26)17-14-22-15-25(20(27)29-21(2,3)4)11-9-16(22)8-10-23(19(22)24(17)5)30-12-7-13-31-23/h16-17,19H,6-15H2,1-5H3/t16-,17-,19-,22+/m1/s1. The van der Waals surface area contributed by atoms with E-state index in [0.717, 1.165) is 19.4 Å². The normalized spacial score (nSPS) is 35.4. The molecule has 3 aliphatic heterocycles. The number of amides is 1. The average molecular weight is 471 g/mol. The third-order valence-electron chi connectivity index (χ3n) is 7.51. The lowest BCUT2D eigenvalue weighted by Gasteiger charge is -2.60. The molecule has 0 aromatic heterocycles. The Hall–Kier alpha value is -0.600. The summed E-state index contributed by atoms with van der Waals surface area (Å²) in [7, 11) is 2.12. The van der Waals surface area contributed by atoms with Crippen molar-refractivity contribution in [1.29, 1.82) is 0 Å². The molecule has 2 spiro atoms. The summed E-state index contributed by atoms with van der Waals surface area (Å²) < 4.78 is 11.3. The van der Waals surface area contributed by atoms with Crippen molar-refractivity contribution in [2.24, 2.45) is 11.3 Å². The van der Waals surface area contributed by atoms with Crippen LogP contribution in [0.2, 0.25) is 0 Å². The number of hydrogen-bond acceptors (Lipinski definition) is 7. The number of fused-ring (bicyclic) bond motifs is 1. The van der Waals surface area contributed by atoms with Gasteiger partial charge >= 0.3 is 12.1 Å². The number of likely N-dealkylation sites (tertiary alicyclic amines) is 2. The Morgan fingerprint density at radius 3 is 2.52 bits per heavy atom. The molecule has 4 rings (SSSR count). The van der Waals surface area contributed by atoms with Crippen LogP contribution in [-0.4, -0.2) is 81.9 Å². The van der Waals surface area contributed by atoms with E-state index in [0.29, 0.717) is 19.1 Å². The molecule has 1 amide bonds. The summed E-state index contributed by atoms with van der Waals surface area (Å²) in [4.78, 5) is 30.2. The topological polar surface area (TPSA) is 59.1 Å². The monoisotopic (exact) mass is 470 g/mol. The maximum absolute atomic E-state index is 13.0. The number of hydrogen-bond donors (Lipinski definition) is 0. The van der Waals surface area contributed by atoms with Gasteiger partial charge in [-0.05, 0) is 84.3 Å². The quantitative estimate of drug-likeness (QED) is 0.560. The minimum atomic E-state index is -0.506. The van der Waals surface area contributed by atoms with E-state index in [1.54, 1.807) is 0 Å². The Bertz CT molecular complexity index is 706. The molecule has 176 valence electrons. The molecule has 0 unspecified atom stereocenters. The van der Waals surface area contributed by atoms with E-state index in [-0.39, 0.29) is 33.6 Å². The predicted octanol–water partition coefficient (Wildman–Crippen LogP) is 4.23. The Balaban J connectivity index is 1.69. The van der Waals surface area contributed by atoms with Crippen LogP contribution in [0.3, 0.4) is 0 Å². The molecule has 1 aliphatic carbocycles. The van der Waals surface area contributed by atoms with E-state index in [4.69, 9.17) is 9.47 Å². The van der Waals surface area contributed by atoms with Gasteiger partial charge in [0, 0.05) is 24.5 Å². The van der Waals surface area contributed by atoms with Crippen LogP contribution in [0.25, 0.3) is 0 Å². The lowest BCUT2D eigenvalue weighted by molar-refractivity contribution is -0.148. The molecule has 6 nitrogen and oxygen atoms in total. The second kappa shape index (κ2) is 8.64. The van der Waals surface area contributed by atoms with Crippen LogP contribution in [-0.2, 0) is 14.3 Å². The van der Waals surface area contributed by atoms with Gasteiger partial charge in [-0.3, -0.25) is 9.69 Å². The fourth-order valence-corrected chi connectivity index (χ4v) is 10.4. The highest BCUT2D eigenvalue weighted by molar-refractivity contribution is 8.18. The van der Waals surface area contributed by atoms with E-state index in [1.165, 1.54) is 30.8 Å². The second-order valence-corrected chi connectivity index (χ2v) is 13.7. The van der Waals surface area contributed by atoms with Crippen molar-refractivity contribution in [3.8, 4) is 0 Å². The molecule has 1 saturated carbocycles. The zero-order valence-corrected chi connectivity index (χ0v) is 21.3. The number of rotatable bonds is 2. The number of nitrogens with zero attached hydrogens (tertiary/aromatic N) is 2. The van der Waals surface area contributed by atoms with Gasteiger partial charge in [-0.1, -0.05) is 0 Å². The Labute approximate surface area is 195 Å². The minimum Gasteiger partial charge on any atom is -0.465 e. The predicted molar refractivity (Wildman–Crippen MR) is 126 cm³/mol. The zero-order valence-electron chi connectivity index (χ0n) is 19.6. The van der Waals surface area contributed by atoms with E-state index >= 15 is 0 Å². The number of carbonyl (C=O) groups excluding carboxylic acids is 2. The first kappa shape index (κ1) is 23.6. The summed E-state index contributed by atoms with van der Waals surface area (Å²) in [5, 5.41) is 0. The molecule has 3 heterocycles. The molecule has 4 atom stereocenters. The minimum absolute atomic E-state index is 0.0864. The summed E-state index contributed by atoms with van der Waals surface area (Å²) >= 11 is 4.20. The summed E-state index contributed by atoms with van der Waals surface area (Å²) in [5.74, 6) is 2.78. The van der Waals surface area contributed by atoms with Crippen LogP contribution >= 0.6 is 23.5 Å². The summed E-state index contributed by atoms with van der Waals surface area (Å²) in [6.07, 6.45) is 5.16. The molecule has 4 aliphatic rings. The molecule has 4 fully saturated rings. The Kier molecular flexibility index (Phi) is 6.56. The Morgan fingerprint density at radius 2 is 1.87 bits per heavy atom. The lowest BCUT2D eigenvalue weighted by atomic mass is 9.59. The third-order valence-corrected chi connectivity index (χ3v) is 11.0. The fraction of sp³-hybridized carbons (Fsp3) is 0.913. The molecule has 0 bridgehead atoms. The highest BCUT2D eigenvalue weighted by Gasteiger charge is 2.67. The first-order valence-electron chi connectivity index (χ1n) is 11.8. The van der Waals surface area contributed by atoms with Gasteiger partial charge in [0.1, 0.15) is 11.6 Å². The van der Waals surface area contributed by atoms with Gasteiger partial charge in [-0.15, -0.1) is 23.5 Å². The van der Waals surface area contributed by atoms with Gasteiger partial charge in [0.05, 0.1) is 10.7 Å². The van der Waals surface area contributed by atoms with Gasteiger partial charge in [0.2, 0.25) is 0 Å². The maximum atomic E-state index is 13.0. The summed E-state index contributed by atoms with van der Waals surface area (Å²) in [6, 6.07) is 0.0258. The smallest absolute Gasteiger partial charge is 0.410 e. The maximum Gasteiger partial charge on any atom is 0.410 e. The number of ether oxygens (including phenoxy) is 2. The average Bonchev–Trinajstić information content (AvgIpc) is 3.01. The van der Waals surface area contributed by atoms with Crippen molar-refractivity contribution < 1.29 is 19.1 Å². The van der Waals surface area contributed by atoms with E-state index in [1.807, 2.05) is 32.6 Å². The molecule has 0 aromatic rings. The number of piperidine rings is 1. The molecule has 0 N–H and O–H groups in total. The van der Waals surface area contributed by atoms with E-state index < -0.39 is 5.60 Å². The highest BCUT2D eigenvalue weighted by atomic mass is 32.2. The van der Waals surface area contributed by atoms with Crippen LogP contribution in [0, 0.1) is 11.3 Å². The van der Waals surface area contributed by atoms with Crippen molar-refractivity contribution >= 4 is 35.6 Å². The van der Waals surface area contributed by atoms with Crippen molar-refractivity contribution in [2.45, 2.75) is 81.6 Å². The van der Waals surface area contributed by atoms with Crippen LogP contribution < -0.4 is 0 Å². The SMILES string of the molecule is CCOC(=O)[C@H]1C[C@]23CN(C(=O)OC(C)(C)C)CC[C@H]2CCC2(SCCCS2)[C@@H]3N1C. The van der Waals surface area contributed by atoms with Gasteiger partial charge in [-0.2, -0.15) is 0 Å². The van der Waals surface area contributed by atoms with Gasteiger partial charge in [-0.25, -0.2) is 4.79 Å². The van der Waals surface area contributed by atoms with E-state index in [2.05, 4.69) is 35.5 Å². The van der Waals surface area contributed by atoms with Crippen molar-refractivity contribution in [3.05, 3.63) is 0 Å². The number of carbonyl (C=O) groups is 2. The zero-order chi connectivity index (χ0) is 22.4. The van der Waals surface area contributed by atoms with Gasteiger partial charge in [0.25, 0.3) is 0 Å².